The smallest absolute Gasteiger partial charge is 0.162 e. The van der Waals surface area contributed by atoms with Crippen LogP contribution in [0, 0.1) is 0 Å². The topological polar surface area (TPSA) is 35.1 Å². The molecular formula is C48H28N4. The molecule has 240 valence electrons. The Bertz CT molecular complexity index is 3410. The van der Waals surface area contributed by atoms with Crippen LogP contribution < -0.4 is 0 Å². The van der Waals surface area contributed by atoms with Gasteiger partial charge in [-0.1, -0.05) is 127 Å². The van der Waals surface area contributed by atoms with Crippen LogP contribution in [0.25, 0.3) is 110 Å². The summed E-state index contributed by atoms with van der Waals surface area (Å²) < 4.78 is 4.90. The average Bonchev–Trinajstić information content (AvgIpc) is 3.85. The van der Waals surface area contributed by atoms with Gasteiger partial charge in [0, 0.05) is 43.3 Å². The first kappa shape index (κ1) is 27.7. The molecule has 0 aliphatic carbocycles. The Labute approximate surface area is 297 Å². The van der Waals surface area contributed by atoms with Gasteiger partial charge in [-0.3, -0.25) is 4.57 Å². The molecule has 4 nitrogen and oxygen atoms in total. The zero-order valence-electron chi connectivity index (χ0n) is 28.0. The number of rotatable bonds is 3. The molecule has 0 unspecified atom stereocenters. The highest BCUT2D eigenvalue weighted by atomic mass is 15.1. The summed E-state index contributed by atoms with van der Waals surface area (Å²) in [4.78, 5) is 10.7. The summed E-state index contributed by atoms with van der Waals surface area (Å²) >= 11 is 0. The summed E-state index contributed by atoms with van der Waals surface area (Å²) in [6, 6.07) is 61.0. The van der Waals surface area contributed by atoms with Gasteiger partial charge in [0.05, 0.1) is 33.1 Å². The van der Waals surface area contributed by atoms with E-state index in [4.69, 9.17) is 9.97 Å². The first-order chi connectivity index (χ1) is 25.8. The van der Waals surface area contributed by atoms with Gasteiger partial charge in [0.2, 0.25) is 0 Å². The van der Waals surface area contributed by atoms with Gasteiger partial charge in [-0.25, -0.2) is 9.97 Å². The van der Waals surface area contributed by atoms with Crippen LogP contribution in [0.5, 0.6) is 0 Å². The van der Waals surface area contributed by atoms with Crippen molar-refractivity contribution in [1.82, 2.24) is 18.9 Å². The molecule has 0 saturated carbocycles. The minimum atomic E-state index is 0.703. The van der Waals surface area contributed by atoms with Gasteiger partial charge in [0.25, 0.3) is 0 Å². The molecule has 0 fully saturated rings. The van der Waals surface area contributed by atoms with E-state index in [1.807, 2.05) is 0 Å². The maximum atomic E-state index is 5.54. The zero-order chi connectivity index (χ0) is 33.9. The first-order valence-corrected chi connectivity index (χ1v) is 17.8. The quantitative estimate of drug-likeness (QED) is 0.189. The van der Waals surface area contributed by atoms with E-state index in [9.17, 15) is 0 Å². The van der Waals surface area contributed by atoms with Crippen LogP contribution in [-0.2, 0) is 0 Å². The highest BCUT2D eigenvalue weighted by molar-refractivity contribution is 6.36. The molecule has 4 aromatic heterocycles. The van der Waals surface area contributed by atoms with Crippen molar-refractivity contribution in [1.29, 1.82) is 0 Å². The Morgan fingerprint density at radius 1 is 0.365 bits per heavy atom. The number of aromatic nitrogens is 4. The molecule has 4 heteroatoms. The third kappa shape index (κ3) is 3.65. The molecule has 0 aliphatic rings. The van der Waals surface area contributed by atoms with Crippen LogP contribution in [-0.4, -0.2) is 18.9 Å². The van der Waals surface area contributed by atoms with E-state index in [1.54, 1.807) is 0 Å². The molecule has 8 aromatic carbocycles. The third-order valence-corrected chi connectivity index (χ3v) is 11.0. The maximum Gasteiger partial charge on any atom is 0.162 e. The fourth-order valence-corrected chi connectivity index (χ4v) is 8.82. The Hall–Kier alpha value is -7.04. The summed E-state index contributed by atoms with van der Waals surface area (Å²) in [5.74, 6) is 1.58. The predicted octanol–water partition coefficient (Wildman–Crippen LogP) is 12.4. The molecule has 4 heterocycles. The summed E-state index contributed by atoms with van der Waals surface area (Å²) in [6.45, 7) is 0. The molecule has 0 amide bonds. The van der Waals surface area contributed by atoms with Gasteiger partial charge in [-0.2, -0.15) is 0 Å². The van der Waals surface area contributed by atoms with Gasteiger partial charge < -0.3 is 4.40 Å². The molecule has 0 spiro atoms. The molecule has 52 heavy (non-hydrogen) atoms. The zero-order valence-corrected chi connectivity index (χ0v) is 28.0. The fourth-order valence-electron chi connectivity index (χ4n) is 8.82. The molecule has 0 atom stereocenters. The standard InChI is InChI=1S/C48H28N4/c1-2-13-29(14-3-1)31-16-12-17-32(27-31)47-49-39-22-9-6-20-35(39)48(50-47)52-42-26-25-30-15-4-5-18-33(30)43(42)38-28-37-34-19-7-10-23-40(34)51-41-24-11-8-21-36(41)44(45(37)51)46(38)52/h1-28H. The lowest BCUT2D eigenvalue weighted by atomic mass is 10.0. The van der Waals surface area contributed by atoms with Crippen molar-refractivity contribution in [2.45, 2.75) is 0 Å². The van der Waals surface area contributed by atoms with Crippen molar-refractivity contribution in [3.05, 3.63) is 170 Å². The SMILES string of the molecule is c1ccc(-c2cccc(-c3nc(-n4c5ccc6ccccc6c5c5cc6c7ccccc7n7c8ccccc8c(c54)c67)c4ccccc4n3)c2)cc1. The van der Waals surface area contributed by atoms with Crippen LogP contribution in [0.15, 0.2) is 170 Å². The number of fused-ring (bicyclic) bond motifs is 13. The largest absolute Gasteiger partial charge is 0.308 e. The third-order valence-electron chi connectivity index (χ3n) is 11.0. The van der Waals surface area contributed by atoms with Crippen molar-refractivity contribution in [2.75, 3.05) is 0 Å². The fraction of sp³-hybridized carbons (Fsp3) is 0. The predicted molar refractivity (Wildman–Crippen MR) is 217 cm³/mol. The molecule has 12 aromatic rings. The summed E-state index contributed by atoms with van der Waals surface area (Å²) in [6.07, 6.45) is 0. The molecule has 0 radical (unpaired) electrons. The van der Waals surface area contributed by atoms with E-state index in [0.29, 0.717) is 5.82 Å². The average molecular weight is 661 g/mol. The lowest BCUT2D eigenvalue weighted by Crippen LogP contribution is -2.03. The van der Waals surface area contributed by atoms with Crippen molar-refractivity contribution >= 4 is 81.6 Å². The summed E-state index contributed by atoms with van der Waals surface area (Å²) in [5, 5.41) is 11.0. The van der Waals surface area contributed by atoms with Crippen LogP contribution in [0.1, 0.15) is 0 Å². The minimum Gasteiger partial charge on any atom is -0.308 e. The van der Waals surface area contributed by atoms with E-state index >= 15 is 0 Å². The molecule has 0 aliphatic heterocycles. The van der Waals surface area contributed by atoms with Gasteiger partial charge >= 0.3 is 0 Å². The number of nitrogens with zero attached hydrogens (tertiary/aromatic N) is 4. The molecule has 0 saturated heterocycles. The Balaban J connectivity index is 1.29. The van der Waals surface area contributed by atoms with E-state index in [1.165, 1.54) is 70.7 Å². The number of hydrogen-bond donors (Lipinski definition) is 0. The van der Waals surface area contributed by atoms with E-state index < -0.39 is 0 Å². The van der Waals surface area contributed by atoms with E-state index in [2.05, 4.69) is 179 Å². The minimum absolute atomic E-state index is 0.703. The Kier molecular flexibility index (Phi) is 5.47. The Morgan fingerprint density at radius 2 is 1.04 bits per heavy atom. The second-order valence-corrected chi connectivity index (χ2v) is 13.8. The second kappa shape index (κ2) is 10.3. The van der Waals surface area contributed by atoms with Crippen LogP contribution in [0.3, 0.4) is 0 Å². The highest BCUT2D eigenvalue weighted by Crippen LogP contribution is 2.48. The van der Waals surface area contributed by atoms with Gasteiger partial charge in [-0.15, -0.1) is 0 Å². The van der Waals surface area contributed by atoms with Gasteiger partial charge in [0.15, 0.2) is 5.82 Å². The summed E-state index contributed by atoms with van der Waals surface area (Å²) in [5.41, 5.74) is 10.2. The van der Waals surface area contributed by atoms with Crippen LogP contribution >= 0.6 is 0 Å². The van der Waals surface area contributed by atoms with Crippen molar-refractivity contribution < 1.29 is 0 Å². The Morgan fingerprint density at radius 3 is 1.90 bits per heavy atom. The second-order valence-electron chi connectivity index (χ2n) is 13.8. The first-order valence-electron chi connectivity index (χ1n) is 17.8. The molecule has 0 bridgehead atoms. The van der Waals surface area contributed by atoms with Crippen molar-refractivity contribution in [2.24, 2.45) is 0 Å². The van der Waals surface area contributed by atoms with Crippen LogP contribution in [0.2, 0.25) is 0 Å². The van der Waals surface area contributed by atoms with Crippen LogP contribution in [0.4, 0.5) is 0 Å². The molecular weight excluding hydrogens is 633 g/mol. The lowest BCUT2D eigenvalue weighted by Gasteiger charge is -2.14. The van der Waals surface area contributed by atoms with Crippen molar-refractivity contribution in [3.63, 3.8) is 0 Å². The van der Waals surface area contributed by atoms with E-state index in [0.717, 1.165) is 33.4 Å². The van der Waals surface area contributed by atoms with Crippen molar-refractivity contribution in [3.8, 4) is 28.3 Å². The molecule has 0 N–H and O–H groups in total. The summed E-state index contributed by atoms with van der Waals surface area (Å²) in [7, 11) is 0. The number of hydrogen-bond acceptors (Lipinski definition) is 2. The molecule has 12 rings (SSSR count). The monoisotopic (exact) mass is 660 g/mol. The number of para-hydroxylation sites is 3. The highest BCUT2D eigenvalue weighted by Gasteiger charge is 2.26. The lowest BCUT2D eigenvalue weighted by molar-refractivity contribution is 1.08. The number of benzene rings is 8. The van der Waals surface area contributed by atoms with E-state index in [-0.39, 0.29) is 0 Å². The maximum absolute atomic E-state index is 5.54. The van der Waals surface area contributed by atoms with Gasteiger partial charge in [0.1, 0.15) is 5.82 Å². The van der Waals surface area contributed by atoms with Gasteiger partial charge in [-0.05, 0) is 64.4 Å². The normalized spacial score (nSPS) is 12.2.